The van der Waals surface area contributed by atoms with Gasteiger partial charge in [-0.05, 0) is 18.2 Å². The Kier molecular flexibility index (Phi) is 2.74. The maximum absolute atomic E-state index is 5.46. The lowest BCUT2D eigenvalue weighted by Gasteiger charge is -2.02. The Morgan fingerprint density at radius 3 is 2.86 bits per heavy atom. The molecule has 0 aliphatic carbocycles. The summed E-state index contributed by atoms with van der Waals surface area (Å²) in [4.78, 5) is 7.99. The van der Waals surface area contributed by atoms with E-state index in [2.05, 4.69) is 25.9 Å². The number of rotatable bonds is 2. The molecule has 3 nitrogen and oxygen atoms in total. The zero-order valence-corrected chi connectivity index (χ0v) is 8.81. The molecule has 70 valence electrons. The predicted molar refractivity (Wildman–Crippen MR) is 56.2 cm³/mol. The van der Waals surface area contributed by atoms with Gasteiger partial charge in [0.25, 0.3) is 0 Å². The first-order chi connectivity index (χ1) is 6.84. The summed E-state index contributed by atoms with van der Waals surface area (Å²) < 4.78 is 6.39. The summed E-state index contributed by atoms with van der Waals surface area (Å²) in [7, 11) is 0. The molecule has 2 aromatic heterocycles. The average Bonchev–Trinajstić information content (AvgIpc) is 2.19. The SMILES string of the molecule is Brc1ccnc(Oc2cccnc2)c1. The van der Waals surface area contributed by atoms with Crippen molar-refractivity contribution in [3.05, 3.63) is 47.3 Å². The molecular formula is C10H7BrN2O. The van der Waals surface area contributed by atoms with E-state index >= 15 is 0 Å². The molecule has 0 atom stereocenters. The minimum absolute atomic E-state index is 0.548. The molecule has 0 saturated heterocycles. The number of hydrogen-bond donors (Lipinski definition) is 0. The lowest BCUT2D eigenvalue weighted by molar-refractivity contribution is 0.460. The van der Waals surface area contributed by atoms with Crippen molar-refractivity contribution in [2.24, 2.45) is 0 Å². The predicted octanol–water partition coefficient (Wildman–Crippen LogP) is 3.03. The Bertz CT molecular complexity index is 419. The van der Waals surface area contributed by atoms with Gasteiger partial charge in [0, 0.05) is 22.9 Å². The van der Waals surface area contributed by atoms with Crippen LogP contribution in [0.25, 0.3) is 0 Å². The van der Waals surface area contributed by atoms with E-state index in [0.29, 0.717) is 11.6 Å². The van der Waals surface area contributed by atoms with Gasteiger partial charge in [0.05, 0.1) is 6.20 Å². The van der Waals surface area contributed by atoms with Crippen LogP contribution in [-0.2, 0) is 0 Å². The maximum Gasteiger partial charge on any atom is 0.220 e. The lowest BCUT2D eigenvalue weighted by atomic mass is 10.4. The van der Waals surface area contributed by atoms with E-state index in [0.717, 1.165) is 4.47 Å². The summed E-state index contributed by atoms with van der Waals surface area (Å²) in [6, 6.07) is 7.28. The van der Waals surface area contributed by atoms with Gasteiger partial charge in [-0.25, -0.2) is 4.98 Å². The molecule has 2 rings (SSSR count). The lowest BCUT2D eigenvalue weighted by Crippen LogP contribution is -1.87. The smallest absolute Gasteiger partial charge is 0.220 e. The molecular weight excluding hydrogens is 244 g/mol. The fourth-order valence-electron chi connectivity index (χ4n) is 0.969. The molecule has 0 radical (unpaired) electrons. The van der Waals surface area contributed by atoms with Crippen LogP contribution < -0.4 is 4.74 Å². The Labute approximate surface area is 89.9 Å². The molecule has 2 aromatic rings. The van der Waals surface area contributed by atoms with Gasteiger partial charge in [-0.3, -0.25) is 4.98 Å². The van der Waals surface area contributed by atoms with Crippen LogP contribution in [0.2, 0.25) is 0 Å². The Balaban J connectivity index is 2.19. The fraction of sp³-hybridized carbons (Fsp3) is 0. The highest BCUT2D eigenvalue weighted by Gasteiger charge is 1.97. The summed E-state index contributed by atoms with van der Waals surface area (Å²) in [6.45, 7) is 0. The molecule has 4 heteroatoms. The van der Waals surface area contributed by atoms with Gasteiger partial charge in [0.1, 0.15) is 5.75 Å². The molecule has 0 aliphatic heterocycles. The standard InChI is InChI=1S/C10H7BrN2O/c11-8-3-5-13-10(6-8)14-9-2-1-4-12-7-9/h1-7H. The van der Waals surface area contributed by atoms with E-state index in [1.807, 2.05) is 18.2 Å². The number of ether oxygens (including phenoxy) is 1. The highest BCUT2D eigenvalue weighted by atomic mass is 79.9. The molecule has 0 fully saturated rings. The van der Waals surface area contributed by atoms with E-state index in [-0.39, 0.29) is 0 Å². The zero-order valence-electron chi connectivity index (χ0n) is 7.22. The molecule has 0 spiro atoms. The van der Waals surface area contributed by atoms with E-state index in [9.17, 15) is 0 Å². The summed E-state index contributed by atoms with van der Waals surface area (Å²) in [5, 5.41) is 0. The van der Waals surface area contributed by atoms with Crippen LogP contribution in [-0.4, -0.2) is 9.97 Å². The summed E-state index contributed by atoms with van der Waals surface area (Å²) in [5.74, 6) is 1.23. The fourth-order valence-corrected chi connectivity index (χ4v) is 1.28. The molecule has 0 bridgehead atoms. The van der Waals surface area contributed by atoms with Gasteiger partial charge >= 0.3 is 0 Å². The van der Waals surface area contributed by atoms with Gasteiger partial charge in [-0.15, -0.1) is 0 Å². The Morgan fingerprint density at radius 1 is 1.21 bits per heavy atom. The average molecular weight is 251 g/mol. The van der Waals surface area contributed by atoms with Crippen molar-refractivity contribution in [1.29, 1.82) is 0 Å². The highest BCUT2D eigenvalue weighted by Crippen LogP contribution is 2.20. The second kappa shape index (κ2) is 4.19. The number of hydrogen-bond acceptors (Lipinski definition) is 3. The monoisotopic (exact) mass is 250 g/mol. The molecule has 2 heterocycles. The van der Waals surface area contributed by atoms with Crippen molar-refractivity contribution in [2.45, 2.75) is 0 Å². The third kappa shape index (κ3) is 2.29. The minimum atomic E-state index is 0.548. The second-order valence-electron chi connectivity index (χ2n) is 2.60. The Morgan fingerprint density at radius 2 is 2.14 bits per heavy atom. The largest absolute Gasteiger partial charge is 0.437 e. The first-order valence-corrected chi connectivity index (χ1v) is 4.83. The molecule has 0 aliphatic rings. The third-order valence-corrected chi connectivity index (χ3v) is 2.05. The molecule has 0 N–H and O–H groups in total. The van der Waals surface area contributed by atoms with Crippen molar-refractivity contribution in [2.75, 3.05) is 0 Å². The van der Waals surface area contributed by atoms with Gasteiger partial charge < -0.3 is 4.74 Å². The second-order valence-corrected chi connectivity index (χ2v) is 3.52. The topological polar surface area (TPSA) is 35.0 Å². The molecule has 14 heavy (non-hydrogen) atoms. The molecule has 0 aromatic carbocycles. The van der Waals surface area contributed by atoms with Gasteiger partial charge in [0.15, 0.2) is 0 Å². The normalized spacial score (nSPS) is 9.79. The van der Waals surface area contributed by atoms with Crippen molar-refractivity contribution >= 4 is 15.9 Å². The summed E-state index contributed by atoms with van der Waals surface area (Å²) in [5.41, 5.74) is 0. The van der Waals surface area contributed by atoms with Crippen molar-refractivity contribution < 1.29 is 4.74 Å². The van der Waals surface area contributed by atoms with Crippen molar-refractivity contribution in [1.82, 2.24) is 9.97 Å². The zero-order chi connectivity index (χ0) is 9.80. The van der Waals surface area contributed by atoms with E-state index in [4.69, 9.17) is 4.74 Å². The first kappa shape index (κ1) is 9.15. The van der Waals surface area contributed by atoms with Crippen LogP contribution >= 0.6 is 15.9 Å². The van der Waals surface area contributed by atoms with Crippen LogP contribution in [0, 0.1) is 0 Å². The third-order valence-electron chi connectivity index (χ3n) is 1.55. The first-order valence-electron chi connectivity index (χ1n) is 4.04. The van der Waals surface area contributed by atoms with Gasteiger partial charge in [-0.2, -0.15) is 0 Å². The van der Waals surface area contributed by atoms with Crippen LogP contribution in [0.4, 0.5) is 0 Å². The maximum atomic E-state index is 5.46. The van der Waals surface area contributed by atoms with Gasteiger partial charge in [-0.1, -0.05) is 15.9 Å². The molecule has 0 amide bonds. The van der Waals surface area contributed by atoms with Crippen LogP contribution in [0.5, 0.6) is 11.6 Å². The highest BCUT2D eigenvalue weighted by molar-refractivity contribution is 9.10. The number of halogens is 1. The van der Waals surface area contributed by atoms with Crippen molar-refractivity contribution in [3.8, 4) is 11.6 Å². The minimum Gasteiger partial charge on any atom is -0.437 e. The number of pyridine rings is 2. The van der Waals surface area contributed by atoms with Gasteiger partial charge in [0.2, 0.25) is 5.88 Å². The number of aromatic nitrogens is 2. The van der Waals surface area contributed by atoms with E-state index in [1.54, 1.807) is 24.7 Å². The quantitative estimate of drug-likeness (QED) is 0.822. The summed E-state index contributed by atoms with van der Waals surface area (Å²) in [6.07, 6.45) is 5.01. The van der Waals surface area contributed by atoms with E-state index < -0.39 is 0 Å². The Hall–Kier alpha value is -1.42. The number of nitrogens with zero attached hydrogens (tertiary/aromatic N) is 2. The van der Waals surface area contributed by atoms with Crippen LogP contribution in [0.15, 0.2) is 47.3 Å². The van der Waals surface area contributed by atoms with Crippen molar-refractivity contribution in [3.63, 3.8) is 0 Å². The molecule has 0 saturated carbocycles. The van der Waals surface area contributed by atoms with Crippen LogP contribution in [0.1, 0.15) is 0 Å². The van der Waals surface area contributed by atoms with E-state index in [1.165, 1.54) is 0 Å². The van der Waals surface area contributed by atoms with Crippen LogP contribution in [0.3, 0.4) is 0 Å². The molecule has 0 unspecified atom stereocenters. The summed E-state index contributed by atoms with van der Waals surface area (Å²) >= 11 is 3.34.